The zero-order valence-electron chi connectivity index (χ0n) is 26.6. The van der Waals surface area contributed by atoms with E-state index in [0.717, 1.165) is 0 Å². The predicted molar refractivity (Wildman–Crippen MR) is 173 cm³/mol. The number of H-pyrrole nitrogens is 1. The van der Waals surface area contributed by atoms with Gasteiger partial charge in [0, 0.05) is 29.3 Å². The van der Waals surface area contributed by atoms with Crippen molar-refractivity contribution in [3.05, 3.63) is 128 Å². The molecule has 5 rings (SSSR count). The second kappa shape index (κ2) is 15.6. The minimum absolute atomic E-state index is 0.0236. The number of aryl methyl sites for hydroxylation is 1. The highest BCUT2D eigenvalue weighted by molar-refractivity contribution is 5.75. The van der Waals surface area contributed by atoms with Crippen LogP contribution in [0.4, 0.5) is 0 Å². The van der Waals surface area contributed by atoms with E-state index in [1.807, 2.05) is 78.9 Å². The fraction of sp³-hybridized carbons (Fsp3) is 0.314. The lowest BCUT2D eigenvalue weighted by Gasteiger charge is -2.43. The van der Waals surface area contributed by atoms with E-state index in [-0.39, 0.29) is 19.3 Å². The van der Waals surface area contributed by atoms with Gasteiger partial charge in [0.1, 0.15) is 29.9 Å². The first-order valence-electron chi connectivity index (χ1n) is 15.0. The topological polar surface area (TPSA) is 198 Å². The molecule has 1 aromatic heterocycles. The van der Waals surface area contributed by atoms with Gasteiger partial charge in [0.2, 0.25) is 0 Å². The van der Waals surface area contributed by atoms with E-state index >= 15 is 0 Å². The van der Waals surface area contributed by atoms with Gasteiger partial charge in [-0.25, -0.2) is 4.79 Å². The number of nitrogens with one attached hydrogen (secondary N) is 1. The quantitative estimate of drug-likeness (QED) is 0.148. The maximum atomic E-state index is 12.6. The molecule has 254 valence electrons. The Kier molecular flexibility index (Phi) is 11.5. The Labute approximate surface area is 275 Å². The Hall–Kier alpha value is -5.24. The molecular weight excluding hydrogens is 624 g/mol. The van der Waals surface area contributed by atoms with Crippen LogP contribution in [0, 0.1) is 6.92 Å². The highest BCUT2D eigenvalue weighted by Crippen LogP contribution is 2.51. The molecule has 0 bridgehead atoms. The number of aromatic nitrogens is 2. The first-order chi connectivity index (χ1) is 22.9. The van der Waals surface area contributed by atoms with Gasteiger partial charge >= 0.3 is 17.6 Å². The fourth-order valence-electron chi connectivity index (χ4n) is 5.98. The molecule has 1 aliphatic rings. The van der Waals surface area contributed by atoms with Gasteiger partial charge in [-0.2, -0.15) is 0 Å². The van der Waals surface area contributed by atoms with Gasteiger partial charge in [-0.15, -0.1) is 0 Å². The molecule has 5 N–H and O–H groups in total. The number of para-hydroxylation sites is 2. The van der Waals surface area contributed by atoms with Crippen LogP contribution in [-0.4, -0.2) is 74.4 Å². The van der Waals surface area contributed by atoms with Crippen LogP contribution >= 0.6 is 0 Å². The standard InChI is InChI=1S/C31H32N2O7.C4H6O4/c1-19-18-33(30(37)32-29(19)36)26-17-23(34)27(40-26)28(35)31(20-11-5-4-6-12-20,21-13-7-9-15-24(21)38-2)22-14-8-10-16-25(22)39-3;5-3(6)1-2-4(7)8/h4-16,18,23,26-28,34-35H,17H2,1-3H3,(H,32,36,37);1-2H2,(H,5,6)(H,7,8)/t23-,26+,27-,28?;/m0./s1. The molecule has 0 spiro atoms. The van der Waals surface area contributed by atoms with Crippen LogP contribution in [-0.2, 0) is 19.7 Å². The van der Waals surface area contributed by atoms with Gasteiger partial charge in [-0.05, 0) is 24.6 Å². The first-order valence-corrected chi connectivity index (χ1v) is 15.0. The number of aliphatic carboxylic acids is 2. The lowest BCUT2D eigenvalue weighted by Crippen LogP contribution is -2.51. The lowest BCUT2D eigenvalue weighted by molar-refractivity contribution is -0.143. The van der Waals surface area contributed by atoms with Crippen molar-refractivity contribution in [1.82, 2.24) is 9.55 Å². The van der Waals surface area contributed by atoms with Crippen molar-refractivity contribution in [2.24, 2.45) is 0 Å². The number of ether oxygens (including phenoxy) is 3. The van der Waals surface area contributed by atoms with E-state index in [4.69, 9.17) is 24.4 Å². The van der Waals surface area contributed by atoms with E-state index < -0.39 is 53.1 Å². The van der Waals surface area contributed by atoms with Crippen LogP contribution in [0.5, 0.6) is 11.5 Å². The van der Waals surface area contributed by atoms with Crippen LogP contribution in [0.15, 0.2) is 94.6 Å². The molecule has 0 aliphatic carbocycles. The molecule has 3 aromatic carbocycles. The van der Waals surface area contributed by atoms with Gasteiger partial charge in [0.15, 0.2) is 0 Å². The van der Waals surface area contributed by atoms with Gasteiger partial charge in [-0.3, -0.25) is 23.9 Å². The van der Waals surface area contributed by atoms with Gasteiger partial charge < -0.3 is 34.6 Å². The van der Waals surface area contributed by atoms with Crippen molar-refractivity contribution in [1.29, 1.82) is 0 Å². The van der Waals surface area contributed by atoms with E-state index in [1.165, 1.54) is 10.8 Å². The fourth-order valence-corrected chi connectivity index (χ4v) is 5.98. The Balaban J connectivity index is 0.000000579. The van der Waals surface area contributed by atoms with Crippen molar-refractivity contribution in [3.63, 3.8) is 0 Å². The summed E-state index contributed by atoms with van der Waals surface area (Å²) in [4.78, 5) is 46.1. The van der Waals surface area contributed by atoms with Crippen molar-refractivity contribution in [3.8, 4) is 11.5 Å². The number of hydrogen-bond acceptors (Lipinski definition) is 9. The number of rotatable bonds is 11. The Morgan fingerprint density at radius 1 is 0.896 bits per heavy atom. The molecule has 48 heavy (non-hydrogen) atoms. The summed E-state index contributed by atoms with van der Waals surface area (Å²) < 4.78 is 19.1. The van der Waals surface area contributed by atoms with E-state index in [2.05, 4.69) is 4.98 Å². The third kappa shape index (κ3) is 7.33. The number of aliphatic hydroxyl groups is 2. The molecule has 13 heteroatoms. The van der Waals surface area contributed by atoms with Crippen LogP contribution in [0.1, 0.15) is 47.7 Å². The predicted octanol–water partition coefficient (Wildman–Crippen LogP) is 2.84. The largest absolute Gasteiger partial charge is 0.496 e. The summed E-state index contributed by atoms with van der Waals surface area (Å²) in [5.41, 5.74) is -0.184. The number of carboxylic acids is 2. The Morgan fingerprint density at radius 3 is 1.90 bits per heavy atom. The molecule has 0 amide bonds. The maximum Gasteiger partial charge on any atom is 0.330 e. The van der Waals surface area contributed by atoms with Crippen LogP contribution in [0.3, 0.4) is 0 Å². The number of aromatic amines is 1. The van der Waals surface area contributed by atoms with Gasteiger partial charge in [-0.1, -0.05) is 66.7 Å². The number of aliphatic hydroxyl groups excluding tert-OH is 2. The van der Waals surface area contributed by atoms with E-state index in [9.17, 15) is 29.4 Å². The number of benzene rings is 3. The highest BCUT2D eigenvalue weighted by Gasteiger charge is 2.54. The second-order valence-electron chi connectivity index (χ2n) is 11.1. The van der Waals surface area contributed by atoms with Crippen LogP contribution in [0.25, 0.3) is 0 Å². The molecular formula is C35H38N2O11. The maximum absolute atomic E-state index is 12.6. The average Bonchev–Trinajstić information content (AvgIpc) is 3.47. The summed E-state index contributed by atoms with van der Waals surface area (Å²) in [7, 11) is 3.12. The summed E-state index contributed by atoms with van der Waals surface area (Å²) in [6.07, 6.45) is -3.76. The highest BCUT2D eigenvalue weighted by atomic mass is 16.5. The Morgan fingerprint density at radius 2 is 1.40 bits per heavy atom. The normalized spacial score (nSPS) is 17.9. The number of hydrogen-bond donors (Lipinski definition) is 5. The molecule has 13 nitrogen and oxygen atoms in total. The minimum Gasteiger partial charge on any atom is -0.496 e. The zero-order chi connectivity index (χ0) is 35.0. The number of nitrogens with zero attached hydrogens (tertiary/aromatic N) is 1. The minimum atomic E-state index is -1.39. The van der Waals surface area contributed by atoms with Crippen LogP contribution in [0.2, 0.25) is 0 Å². The molecule has 0 radical (unpaired) electrons. The third-order valence-corrected chi connectivity index (χ3v) is 8.19. The van der Waals surface area contributed by atoms with Gasteiger partial charge in [0.05, 0.1) is 38.6 Å². The number of carboxylic acid groups (broad SMARTS) is 2. The SMILES string of the molecule is COc1ccccc1C(c1ccccc1)(c1ccccc1OC)C(O)[C@H]1O[C@@H](n2cc(C)c(=O)[nH]c2=O)C[C@@H]1O.O=C(O)CCC(=O)O. The molecule has 0 saturated carbocycles. The Bertz CT molecular complexity index is 1770. The summed E-state index contributed by atoms with van der Waals surface area (Å²) in [5.74, 6) is -1.11. The summed E-state index contributed by atoms with van der Waals surface area (Å²) in [6, 6.07) is 24.2. The zero-order valence-corrected chi connectivity index (χ0v) is 26.6. The molecule has 2 heterocycles. The monoisotopic (exact) mass is 662 g/mol. The van der Waals surface area contributed by atoms with E-state index in [1.54, 1.807) is 21.1 Å². The third-order valence-electron chi connectivity index (χ3n) is 8.19. The molecule has 4 atom stereocenters. The summed E-state index contributed by atoms with van der Waals surface area (Å²) >= 11 is 0. The summed E-state index contributed by atoms with van der Waals surface area (Å²) in [6.45, 7) is 1.58. The van der Waals surface area contributed by atoms with E-state index in [0.29, 0.717) is 33.8 Å². The number of methoxy groups -OCH3 is 2. The van der Waals surface area contributed by atoms with Crippen molar-refractivity contribution in [2.45, 2.75) is 56.1 Å². The summed E-state index contributed by atoms with van der Waals surface area (Å²) in [5, 5.41) is 39.6. The first kappa shape index (κ1) is 35.6. The van der Waals surface area contributed by atoms with Gasteiger partial charge in [0.25, 0.3) is 5.56 Å². The van der Waals surface area contributed by atoms with Crippen molar-refractivity contribution >= 4 is 11.9 Å². The molecule has 1 saturated heterocycles. The lowest BCUT2D eigenvalue weighted by atomic mass is 9.63. The van der Waals surface area contributed by atoms with Crippen LogP contribution < -0.4 is 20.7 Å². The van der Waals surface area contributed by atoms with Crippen molar-refractivity contribution in [2.75, 3.05) is 14.2 Å². The second-order valence-corrected chi connectivity index (χ2v) is 11.1. The molecule has 1 fully saturated rings. The average molecular weight is 663 g/mol. The number of carbonyl (C=O) groups is 2. The molecule has 4 aromatic rings. The molecule has 1 unspecified atom stereocenters. The molecule has 1 aliphatic heterocycles. The van der Waals surface area contributed by atoms with Crippen molar-refractivity contribution < 1.29 is 44.2 Å². The smallest absolute Gasteiger partial charge is 0.330 e.